The lowest BCUT2D eigenvalue weighted by molar-refractivity contribution is 0.607. The zero-order valence-electron chi connectivity index (χ0n) is 12.2. The molecule has 0 amide bonds. The summed E-state index contributed by atoms with van der Waals surface area (Å²) in [5.74, 6) is 1.63. The molecule has 0 bridgehead atoms. The smallest absolute Gasteiger partial charge is 0.117 e. The predicted octanol–water partition coefficient (Wildman–Crippen LogP) is 3.20. The van der Waals surface area contributed by atoms with Crippen molar-refractivity contribution < 1.29 is 0 Å². The summed E-state index contributed by atoms with van der Waals surface area (Å²) in [6.07, 6.45) is 1.10. The van der Waals surface area contributed by atoms with Crippen molar-refractivity contribution in [2.75, 3.05) is 0 Å². The van der Waals surface area contributed by atoms with Gasteiger partial charge in [-0.05, 0) is 42.2 Å². The Morgan fingerprint density at radius 3 is 2.86 bits per heavy atom. The number of aryl methyl sites for hydroxylation is 1. The van der Waals surface area contributed by atoms with E-state index < -0.39 is 0 Å². The van der Waals surface area contributed by atoms with Crippen LogP contribution in [0.25, 0.3) is 11.0 Å². The predicted molar refractivity (Wildman–Crippen MR) is 85.3 cm³/mol. The molecule has 1 atom stereocenters. The molecule has 0 aliphatic heterocycles. The Morgan fingerprint density at radius 2 is 2.10 bits per heavy atom. The number of aromatic nitrogens is 2. The van der Waals surface area contributed by atoms with Crippen LogP contribution in [0.1, 0.15) is 35.4 Å². The minimum absolute atomic E-state index is 0.440. The highest BCUT2D eigenvalue weighted by Crippen LogP contribution is 2.40. The molecule has 1 heterocycles. The zero-order valence-corrected chi connectivity index (χ0v) is 12.2. The van der Waals surface area contributed by atoms with Crippen molar-refractivity contribution >= 4 is 11.0 Å². The van der Waals surface area contributed by atoms with E-state index in [0.29, 0.717) is 12.5 Å². The molecule has 1 aliphatic carbocycles. The van der Waals surface area contributed by atoms with E-state index in [1.807, 2.05) is 0 Å². The second kappa shape index (κ2) is 4.71. The van der Waals surface area contributed by atoms with Crippen LogP contribution in [0.3, 0.4) is 0 Å². The lowest BCUT2D eigenvalue weighted by Crippen LogP contribution is -2.21. The summed E-state index contributed by atoms with van der Waals surface area (Å²) in [5, 5.41) is 0. The molecule has 2 N–H and O–H groups in total. The highest BCUT2D eigenvalue weighted by Gasteiger charge is 2.31. The number of hydrogen-bond donors (Lipinski definition) is 1. The van der Waals surface area contributed by atoms with Crippen LogP contribution >= 0.6 is 0 Å². The molecule has 0 radical (unpaired) electrons. The number of rotatable bonds is 3. The monoisotopic (exact) mass is 277 g/mol. The van der Waals surface area contributed by atoms with Gasteiger partial charge in [0.2, 0.25) is 0 Å². The van der Waals surface area contributed by atoms with Crippen LogP contribution in [-0.2, 0) is 19.5 Å². The fourth-order valence-corrected chi connectivity index (χ4v) is 3.41. The van der Waals surface area contributed by atoms with Crippen molar-refractivity contribution in [2.24, 2.45) is 5.73 Å². The van der Waals surface area contributed by atoms with Crippen LogP contribution in [0.4, 0.5) is 0 Å². The zero-order chi connectivity index (χ0) is 14.4. The fourth-order valence-electron chi connectivity index (χ4n) is 3.41. The number of fused-ring (bicyclic) bond motifs is 2. The minimum Gasteiger partial charge on any atom is -0.328 e. The summed E-state index contributed by atoms with van der Waals surface area (Å²) in [6, 6.07) is 15.1. The Balaban J connectivity index is 1.86. The van der Waals surface area contributed by atoms with E-state index in [1.165, 1.54) is 22.5 Å². The summed E-state index contributed by atoms with van der Waals surface area (Å²) in [4.78, 5) is 4.92. The fraction of sp³-hybridized carbons (Fsp3) is 0.278. The Hall–Kier alpha value is -2.13. The normalized spacial score (nSPS) is 16.8. The molecule has 0 saturated carbocycles. The van der Waals surface area contributed by atoms with Crippen LogP contribution in [0, 0.1) is 0 Å². The van der Waals surface area contributed by atoms with Crippen LogP contribution < -0.4 is 5.73 Å². The topological polar surface area (TPSA) is 43.8 Å². The lowest BCUT2D eigenvalue weighted by atomic mass is 9.77. The molecular formula is C18H19N3. The molecule has 0 saturated heterocycles. The average molecular weight is 277 g/mol. The molecule has 0 fully saturated rings. The SMILES string of the molecule is CCn1c(C2Cc3ccccc32)nc2cc(CN)ccc21. The molecule has 21 heavy (non-hydrogen) atoms. The average Bonchev–Trinajstić information content (AvgIpc) is 2.85. The quantitative estimate of drug-likeness (QED) is 0.799. The summed E-state index contributed by atoms with van der Waals surface area (Å²) in [5.41, 5.74) is 12.1. The van der Waals surface area contributed by atoms with Crippen molar-refractivity contribution in [2.45, 2.75) is 32.4 Å². The number of hydrogen-bond acceptors (Lipinski definition) is 2. The lowest BCUT2D eigenvalue weighted by Gasteiger charge is -2.29. The maximum absolute atomic E-state index is 5.74. The highest BCUT2D eigenvalue weighted by atomic mass is 15.1. The number of benzene rings is 2. The maximum Gasteiger partial charge on any atom is 0.117 e. The Kier molecular flexibility index (Phi) is 2.82. The summed E-state index contributed by atoms with van der Waals surface area (Å²) in [6.45, 7) is 3.70. The van der Waals surface area contributed by atoms with Crippen LogP contribution in [-0.4, -0.2) is 9.55 Å². The standard InChI is InChI=1S/C18H19N3/c1-2-21-17-8-7-12(11-19)9-16(17)20-18(21)15-10-13-5-3-4-6-14(13)15/h3-9,15H,2,10-11,19H2,1H3. The van der Waals surface area contributed by atoms with Gasteiger partial charge in [0.25, 0.3) is 0 Å². The molecule has 2 aromatic carbocycles. The van der Waals surface area contributed by atoms with E-state index >= 15 is 0 Å². The maximum atomic E-state index is 5.74. The van der Waals surface area contributed by atoms with E-state index in [2.05, 4.69) is 54.0 Å². The molecule has 0 spiro atoms. The summed E-state index contributed by atoms with van der Waals surface area (Å²) in [7, 11) is 0. The Labute approximate surface area is 124 Å². The Morgan fingerprint density at radius 1 is 1.24 bits per heavy atom. The molecule has 1 aromatic heterocycles. The van der Waals surface area contributed by atoms with Gasteiger partial charge in [-0.2, -0.15) is 0 Å². The third-order valence-corrected chi connectivity index (χ3v) is 4.56. The van der Waals surface area contributed by atoms with Gasteiger partial charge < -0.3 is 10.3 Å². The molecule has 1 unspecified atom stereocenters. The van der Waals surface area contributed by atoms with E-state index in [9.17, 15) is 0 Å². The first kappa shape index (κ1) is 12.6. The van der Waals surface area contributed by atoms with E-state index in [0.717, 1.165) is 24.0 Å². The van der Waals surface area contributed by atoms with Crippen LogP contribution in [0.5, 0.6) is 0 Å². The van der Waals surface area contributed by atoms with Gasteiger partial charge in [0.05, 0.1) is 11.0 Å². The summed E-state index contributed by atoms with van der Waals surface area (Å²) < 4.78 is 2.34. The van der Waals surface area contributed by atoms with Crippen LogP contribution in [0.2, 0.25) is 0 Å². The van der Waals surface area contributed by atoms with Crippen molar-refractivity contribution in [1.82, 2.24) is 9.55 Å². The van der Waals surface area contributed by atoms with Crippen molar-refractivity contribution in [3.63, 3.8) is 0 Å². The van der Waals surface area contributed by atoms with Gasteiger partial charge in [0, 0.05) is 19.0 Å². The van der Waals surface area contributed by atoms with Gasteiger partial charge in [-0.25, -0.2) is 4.98 Å². The van der Waals surface area contributed by atoms with Gasteiger partial charge >= 0.3 is 0 Å². The molecule has 3 aromatic rings. The molecule has 3 nitrogen and oxygen atoms in total. The van der Waals surface area contributed by atoms with Gasteiger partial charge in [-0.1, -0.05) is 30.3 Å². The Bertz CT molecular complexity index is 816. The third-order valence-electron chi connectivity index (χ3n) is 4.56. The van der Waals surface area contributed by atoms with Gasteiger partial charge in [0.1, 0.15) is 5.82 Å². The molecule has 1 aliphatic rings. The highest BCUT2D eigenvalue weighted by molar-refractivity contribution is 5.77. The van der Waals surface area contributed by atoms with E-state index in [-0.39, 0.29) is 0 Å². The second-order valence-corrected chi connectivity index (χ2v) is 5.70. The second-order valence-electron chi connectivity index (χ2n) is 5.70. The first-order valence-corrected chi connectivity index (χ1v) is 7.58. The first-order chi connectivity index (χ1) is 10.3. The largest absolute Gasteiger partial charge is 0.328 e. The number of nitrogens with two attached hydrogens (primary N) is 1. The van der Waals surface area contributed by atoms with Crippen LogP contribution in [0.15, 0.2) is 42.5 Å². The van der Waals surface area contributed by atoms with E-state index in [4.69, 9.17) is 10.7 Å². The molecule has 106 valence electrons. The minimum atomic E-state index is 0.440. The van der Waals surface area contributed by atoms with Crippen molar-refractivity contribution in [3.8, 4) is 0 Å². The molecule has 4 rings (SSSR count). The molecular weight excluding hydrogens is 258 g/mol. The van der Waals surface area contributed by atoms with Gasteiger partial charge in [0.15, 0.2) is 0 Å². The van der Waals surface area contributed by atoms with Gasteiger partial charge in [-0.15, -0.1) is 0 Å². The van der Waals surface area contributed by atoms with Crippen molar-refractivity contribution in [1.29, 1.82) is 0 Å². The number of imidazole rings is 1. The van der Waals surface area contributed by atoms with Crippen molar-refractivity contribution in [3.05, 3.63) is 65.0 Å². The van der Waals surface area contributed by atoms with E-state index in [1.54, 1.807) is 0 Å². The number of nitrogens with zero attached hydrogens (tertiary/aromatic N) is 2. The first-order valence-electron chi connectivity index (χ1n) is 7.58. The molecule has 3 heteroatoms. The summed E-state index contributed by atoms with van der Waals surface area (Å²) >= 11 is 0. The van der Waals surface area contributed by atoms with Gasteiger partial charge in [-0.3, -0.25) is 0 Å². The third kappa shape index (κ3) is 1.81.